The second kappa shape index (κ2) is 5.85. The third-order valence-electron chi connectivity index (χ3n) is 3.19. The molecular weight excluding hydrogens is 238 g/mol. The first-order chi connectivity index (χ1) is 8.22. The Balaban J connectivity index is 1.97. The van der Waals surface area contributed by atoms with Crippen molar-refractivity contribution in [1.29, 1.82) is 0 Å². The maximum Gasteiger partial charge on any atom is 0.0903 e. The van der Waals surface area contributed by atoms with E-state index < -0.39 is 0 Å². The van der Waals surface area contributed by atoms with Gasteiger partial charge in [-0.2, -0.15) is 5.10 Å². The highest BCUT2D eigenvalue weighted by Gasteiger charge is 2.17. The van der Waals surface area contributed by atoms with Crippen molar-refractivity contribution in [2.24, 2.45) is 0 Å². The topological polar surface area (TPSA) is 39.1 Å². The highest BCUT2D eigenvalue weighted by atomic mass is 35.5. The number of halogens is 1. The molecule has 17 heavy (non-hydrogen) atoms. The maximum absolute atomic E-state index is 6.23. The predicted molar refractivity (Wildman–Crippen MR) is 68.3 cm³/mol. The quantitative estimate of drug-likeness (QED) is 0.898. The van der Waals surface area contributed by atoms with E-state index in [0.717, 1.165) is 48.9 Å². The Morgan fingerprint density at radius 1 is 1.47 bits per heavy atom. The van der Waals surface area contributed by atoms with E-state index in [9.17, 15) is 0 Å². The second-order valence-corrected chi connectivity index (χ2v) is 4.80. The first kappa shape index (κ1) is 12.9. The third-order valence-corrected chi connectivity index (χ3v) is 3.69. The van der Waals surface area contributed by atoms with Gasteiger partial charge >= 0.3 is 0 Å². The summed E-state index contributed by atoms with van der Waals surface area (Å²) in [5.74, 6) is 0. The second-order valence-electron chi connectivity index (χ2n) is 4.42. The first-order valence-electron chi connectivity index (χ1n) is 6.26. The zero-order chi connectivity index (χ0) is 12.3. The molecule has 5 heteroatoms. The predicted octanol–water partition coefficient (Wildman–Crippen LogP) is 2.13. The van der Waals surface area contributed by atoms with Gasteiger partial charge in [-0.15, -0.1) is 0 Å². The summed E-state index contributed by atoms with van der Waals surface area (Å²) < 4.78 is 7.85. The fourth-order valence-corrected chi connectivity index (χ4v) is 2.36. The van der Waals surface area contributed by atoms with Crippen LogP contribution in [0, 0.1) is 6.92 Å². The molecule has 1 saturated heterocycles. The molecule has 0 saturated carbocycles. The van der Waals surface area contributed by atoms with Gasteiger partial charge in [-0.25, -0.2) is 0 Å². The molecule has 1 aromatic rings. The van der Waals surface area contributed by atoms with Crippen molar-refractivity contribution in [3.63, 3.8) is 0 Å². The summed E-state index contributed by atoms with van der Waals surface area (Å²) in [4.78, 5) is 0. The smallest absolute Gasteiger partial charge is 0.0903 e. The molecule has 0 amide bonds. The van der Waals surface area contributed by atoms with Crippen molar-refractivity contribution in [2.75, 3.05) is 13.1 Å². The molecule has 0 radical (unpaired) electrons. The Bertz CT molecular complexity index is 372. The molecule has 4 nitrogen and oxygen atoms in total. The number of hydrogen-bond donors (Lipinski definition) is 1. The minimum Gasteiger partial charge on any atom is -0.372 e. The Morgan fingerprint density at radius 2 is 2.18 bits per heavy atom. The number of aromatic nitrogens is 2. The number of hydrogen-bond acceptors (Lipinski definition) is 3. The van der Waals surface area contributed by atoms with Crippen LogP contribution in [0.2, 0.25) is 5.02 Å². The molecule has 0 unspecified atom stereocenters. The van der Waals surface area contributed by atoms with Crippen LogP contribution in [0.3, 0.4) is 0 Å². The highest BCUT2D eigenvalue weighted by molar-refractivity contribution is 6.31. The van der Waals surface area contributed by atoms with Crippen LogP contribution in [0.15, 0.2) is 0 Å². The van der Waals surface area contributed by atoms with Crippen LogP contribution in [-0.2, 0) is 17.9 Å². The molecule has 1 N–H and O–H groups in total. The largest absolute Gasteiger partial charge is 0.372 e. The lowest BCUT2D eigenvalue weighted by Gasteiger charge is -2.23. The van der Waals surface area contributed by atoms with Crippen molar-refractivity contribution in [1.82, 2.24) is 15.1 Å². The van der Waals surface area contributed by atoms with Crippen LogP contribution in [0.1, 0.15) is 31.2 Å². The molecular formula is C12H20ClN3O. The van der Waals surface area contributed by atoms with Gasteiger partial charge in [0.2, 0.25) is 0 Å². The van der Waals surface area contributed by atoms with Gasteiger partial charge in [-0.05, 0) is 39.8 Å². The molecule has 1 fully saturated rings. The molecule has 0 aromatic carbocycles. The average Bonchev–Trinajstić information content (AvgIpc) is 2.64. The van der Waals surface area contributed by atoms with Gasteiger partial charge in [0.25, 0.3) is 0 Å². The van der Waals surface area contributed by atoms with Crippen molar-refractivity contribution in [2.45, 2.75) is 45.9 Å². The standard InChI is InChI=1S/C12H20ClN3O/c1-3-16-11(12(13)9(2)15-16)8-17-10-4-6-14-7-5-10/h10,14H,3-8H2,1-2H3. The summed E-state index contributed by atoms with van der Waals surface area (Å²) in [7, 11) is 0. The van der Waals surface area contributed by atoms with Crippen molar-refractivity contribution >= 4 is 11.6 Å². The van der Waals surface area contributed by atoms with Crippen LogP contribution < -0.4 is 5.32 Å². The van der Waals surface area contributed by atoms with Crippen molar-refractivity contribution in [3.8, 4) is 0 Å². The minimum absolute atomic E-state index is 0.354. The maximum atomic E-state index is 6.23. The van der Waals surface area contributed by atoms with Crippen LogP contribution in [-0.4, -0.2) is 29.0 Å². The van der Waals surface area contributed by atoms with E-state index in [-0.39, 0.29) is 0 Å². The number of rotatable bonds is 4. The monoisotopic (exact) mass is 257 g/mol. The zero-order valence-electron chi connectivity index (χ0n) is 10.5. The highest BCUT2D eigenvalue weighted by Crippen LogP contribution is 2.22. The summed E-state index contributed by atoms with van der Waals surface area (Å²) in [5.41, 5.74) is 1.89. The fourth-order valence-electron chi connectivity index (χ4n) is 2.17. The summed E-state index contributed by atoms with van der Waals surface area (Å²) in [6.07, 6.45) is 2.51. The Hall–Kier alpha value is -0.580. The summed E-state index contributed by atoms with van der Waals surface area (Å²) in [6.45, 7) is 7.49. The molecule has 0 atom stereocenters. The van der Waals surface area contributed by atoms with Gasteiger partial charge in [0.1, 0.15) is 0 Å². The van der Waals surface area contributed by atoms with Crippen LogP contribution in [0.25, 0.3) is 0 Å². The number of aryl methyl sites for hydroxylation is 2. The number of nitrogens with one attached hydrogen (secondary N) is 1. The number of ether oxygens (including phenoxy) is 1. The van der Waals surface area contributed by atoms with E-state index in [1.807, 2.05) is 11.6 Å². The number of nitrogens with zero attached hydrogens (tertiary/aromatic N) is 2. The van der Waals surface area contributed by atoms with Gasteiger partial charge in [0.15, 0.2) is 0 Å². The molecule has 0 spiro atoms. The van der Waals surface area contributed by atoms with Crippen LogP contribution >= 0.6 is 11.6 Å². The van der Waals surface area contributed by atoms with Gasteiger partial charge in [0, 0.05) is 6.54 Å². The van der Waals surface area contributed by atoms with E-state index >= 15 is 0 Å². The van der Waals surface area contributed by atoms with E-state index in [0.29, 0.717) is 12.7 Å². The van der Waals surface area contributed by atoms with Gasteiger partial charge in [-0.3, -0.25) is 4.68 Å². The molecule has 1 aliphatic rings. The fraction of sp³-hybridized carbons (Fsp3) is 0.750. The summed E-state index contributed by atoms with van der Waals surface area (Å²) in [6, 6.07) is 0. The van der Waals surface area contributed by atoms with Crippen LogP contribution in [0.4, 0.5) is 0 Å². The van der Waals surface area contributed by atoms with Gasteiger partial charge < -0.3 is 10.1 Å². The molecule has 0 bridgehead atoms. The van der Waals surface area contributed by atoms with Gasteiger partial charge in [-0.1, -0.05) is 11.6 Å². The molecule has 1 aromatic heterocycles. The normalized spacial score (nSPS) is 17.6. The summed E-state index contributed by atoms with van der Waals surface area (Å²) >= 11 is 6.23. The lowest BCUT2D eigenvalue weighted by Crippen LogP contribution is -2.32. The third kappa shape index (κ3) is 3.00. The van der Waals surface area contributed by atoms with E-state index in [1.165, 1.54) is 0 Å². The lowest BCUT2D eigenvalue weighted by molar-refractivity contribution is 0.0179. The zero-order valence-corrected chi connectivity index (χ0v) is 11.3. The van der Waals surface area contributed by atoms with E-state index in [4.69, 9.17) is 16.3 Å². The SMILES string of the molecule is CCn1nc(C)c(Cl)c1COC1CCNCC1. The molecule has 96 valence electrons. The van der Waals surface area contributed by atoms with Crippen molar-refractivity contribution in [3.05, 3.63) is 16.4 Å². The minimum atomic E-state index is 0.354. The van der Waals surface area contributed by atoms with Crippen LogP contribution in [0.5, 0.6) is 0 Å². The number of piperidine rings is 1. The molecule has 2 rings (SSSR count). The lowest BCUT2D eigenvalue weighted by atomic mass is 10.1. The average molecular weight is 258 g/mol. The first-order valence-corrected chi connectivity index (χ1v) is 6.64. The molecule has 1 aliphatic heterocycles. The molecule has 0 aliphatic carbocycles. The Morgan fingerprint density at radius 3 is 2.82 bits per heavy atom. The molecule has 2 heterocycles. The summed E-state index contributed by atoms with van der Waals surface area (Å²) in [5, 5.41) is 8.46. The van der Waals surface area contributed by atoms with E-state index in [2.05, 4.69) is 17.3 Å². The Labute approximate surface area is 107 Å². The van der Waals surface area contributed by atoms with E-state index in [1.54, 1.807) is 0 Å². The van der Waals surface area contributed by atoms with Crippen molar-refractivity contribution < 1.29 is 4.74 Å². The van der Waals surface area contributed by atoms with Gasteiger partial charge in [0.05, 0.1) is 29.1 Å². The Kier molecular flexibility index (Phi) is 4.42.